The summed E-state index contributed by atoms with van der Waals surface area (Å²) in [5, 5.41) is 3.30. The lowest BCUT2D eigenvalue weighted by molar-refractivity contribution is 0.0600. The van der Waals surface area contributed by atoms with E-state index in [1.807, 2.05) is 0 Å². The Bertz CT molecular complexity index is 1270. The van der Waals surface area contributed by atoms with Gasteiger partial charge < -0.3 is 19.8 Å². The van der Waals surface area contributed by atoms with Crippen molar-refractivity contribution in [3.8, 4) is 0 Å². The monoisotopic (exact) mass is 453 g/mol. The van der Waals surface area contributed by atoms with Crippen molar-refractivity contribution in [2.45, 2.75) is 25.5 Å². The third-order valence-corrected chi connectivity index (χ3v) is 5.80. The van der Waals surface area contributed by atoms with Crippen molar-refractivity contribution in [2.24, 2.45) is 0 Å². The minimum absolute atomic E-state index is 0.0865. The van der Waals surface area contributed by atoms with E-state index in [9.17, 15) is 14.4 Å². The summed E-state index contributed by atoms with van der Waals surface area (Å²) in [4.78, 5) is 40.1. The van der Waals surface area contributed by atoms with Crippen LogP contribution in [0.3, 0.4) is 0 Å². The number of esters is 1. The summed E-state index contributed by atoms with van der Waals surface area (Å²) in [5.74, 6) is -0.649. The zero-order valence-corrected chi connectivity index (χ0v) is 18.4. The first-order valence-corrected chi connectivity index (χ1v) is 10.7. The highest BCUT2D eigenvalue weighted by Crippen LogP contribution is 2.14. The Hall–Kier alpha value is -3.30. The number of fused-ring (bicyclic) bond motifs is 1. The number of aromatic nitrogens is 2. The molecule has 32 heavy (non-hydrogen) atoms. The zero-order chi connectivity index (χ0) is 22.7. The van der Waals surface area contributed by atoms with Gasteiger partial charge in [0.15, 0.2) is 4.77 Å². The minimum Gasteiger partial charge on any atom is -0.465 e. The second kappa shape index (κ2) is 9.46. The van der Waals surface area contributed by atoms with Gasteiger partial charge in [-0.1, -0.05) is 12.1 Å². The van der Waals surface area contributed by atoms with Gasteiger partial charge in [0.2, 0.25) is 0 Å². The van der Waals surface area contributed by atoms with Crippen molar-refractivity contribution < 1.29 is 19.1 Å². The summed E-state index contributed by atoms with van der Waals surface area (Å²) < 4.78 is 11.9. The van der Waals surface area contributed by atoms with Gasteiger partial charge >= 0.3 is 5.97 Å². The predicted molar refractivity (Wildman–Crippen MR) is 122 cm³/mol. The fraction of sp³-hybridized carbons (Fsp3) is 0.304. The molecular formula is C23H23N3O5S. The Morgan fingerprint density at radius 2 is 1.97 bits per heavy atom. The fourth-order valence-electron chi connectivity index (χ4n) is 3.70. The Balaban J connectivity index is 1.51. The van der Waals surface area contributed by atoms with Gasteiger partial charge in [-0.15, -0.1) is 0 Å². The van der Waals surface area contributed by atoms with Crippen LogP contribution in [-0.2, 0) is 16.0 Å². The number of H-pyrrole nitrogens is 1. The molecule has 1 atom stereocenters. The van der Waals surface area contributed by atoms with E-state index in [-0.39, 0.29) is 28.9 Å². The number of rotatable bonds is 6. The molecule has 1 aliphatic rings. The van der Waals surface area contributed by atoms with Crippen LogP contribution in [0.1, 0.15) is 39.1 Å². The van der Waals surface area contributed by atoms with Gasteiger partial charge in [0.05, 0.1) is 36.2 Å². The number of benzene rings is 2. The van der Waals surface area contributed by atoms with Crippen LogP contribution in [0.15, 0.2) is 47.3 Å². The number of nitrogens with zero attached hydrogens (tertiary/aromatic N) is 1. The number of hydrogen-bond acceptors (Lipinski definition) is 6. The summed E-state index contributed by atoms with van der Waals surface area (Å²) in [7, 11) is 1.30. The minimum atomic E-state index is -0.490. The number of ether oxygens (including phenoxy) is 2. The first-order valence-electron chi connectivity index (χ1n) is 10.3. The van der Waals surface area contributed by atoms with Gasteiger partial charge in [-0.3, -0.25) is 14.2 Å². The van der Waals surface area contributed by atoms with Crippen LogP contribution in [0, 0.1) is 4.77 Å². The number of carbonyl (C=O) groups excluding carboxylic acids is 2. The van der Waals surface area contributed by atoms with Gasteiger partial charge in [0, 0.05) is 18.7 Å². The summed E-state index contributed by atoms with van der Waals surface area (Å²) in [5.41, 5.74) is 1.90. The fourth-order valence-corrected chi connectivity index (χ4v) is 3.96. The Kier molecular flexibility index (Phi) is 6.48. The van der Waals surface area contributed by atoms with Crippen LogP contribution in [-0.4, -0.2) is 47.8 Å². The van der Waals surface area contributed by atoms with Gasteiger partial charge in [0.25, 0.3) is 11.5 Å². The van der Waals surface area contributed by atoms with Gasteiger partial charge in [-0.25, -0.2) is 4.79 Å². The molecule has 1 amide bonds. The lowest BCUT2D eigenvalue weighted by atomic mass is 10.1. The zero-order valence-electron chi connectivity index (χ0n) is 17.6. The number of methoxy groups -OCH3 is 1. The molecule has 0 bridgehead atoms. The van der Waals surface area contributed by atoms with Crippen LogP contribution in [0.25, 0.3) is 10.9 Å². The number of aromatic amines is 1. The third kappa shape index (κ3) is 4.63. The molecule has 9 heteroatoms. The van der Waals surface area contributed by atoms with Gasteiger partial charge in [-0.2, -0.15) is 0 Å². The maximum Gasteiger partial charge on any atom is 0.337 e. The summed E-state index contributed by atoms with van der Waals surface area (Å²) in [6.45, 7) is 1.50. The van der Waals surface area contributed by atoms with Crippen molar-refractivity contribution >= 4 is 35.0 Å². The van der Waals surface area contributed by atoms with E-state index in [0.717, 1.165) is 25.0 Å². The molecule has 2 N–H and O–H groups in total. The molecule has 1 fully saturated rings. The maximum atomic E-state index is 13.0. The first kappa shape index (κ1) is 21.9. The van der Waals surface area contributed by atoms with Crippen molar-refractivity contribution in [1.82, 2.24) is 14.9 Å². The van der Waals surface area contributed by atoms with Crippen LogP contribution in [0.5, 0.6) is 0 Å². The van der Waals surface area contributed by atoms with Gasteiger partial charge in [-0.05, 0) is 61.0 Å². The normalized spacial score (nSPS) is 15.6. The molecule has 1 aliphatic heterocycles. The molecule has 2 aromatic carbocycles. The number of amides is 1. The summed E-state index contributed by atoms with van der Waals surface area (Å²) in [6, 6.07) is 11.7. The van der Waals surface area contributed by atoms with Crippen molar-refractivity contribution in [3.05, 3.63) is 74.3 Å². The molecule has 1 saturated heterocycles. The molecule has 4 rings (SSSR count). The van der Waals surface area contributed by atoms with Crippen LogP contribution < -0.4 is 10.9 Å². The molecule has 0 aliphatic carbocycles. The largest absolute Gasteiger partial charge is 0.465 e. The average Bonchev–Trinajstić information content (AvgIpc) is 3.33. The first-order chi connectivity index (χ1) is 15.5. The van der Waals surface area contributed by atoms with E-state index in [2.05, 4.69) is 10.3 Å². The Morgan fingerprint density at radius 3 is 2.66 bits per heavy atom. The van der Waals surface area contributed by atoms with Crippen LogP contribution >= 0.6 is 12.2 Å². The van der Waals surface area contributed by atoms with E-state index in [4.69, 9.17) is 21.7 Å². The number of hydrogen-bond donors (Lipinski definition) is 2. The highest BCUT2D eigenvalue weighted by Gasteiger charge is 2.17. The Morgan fingerprint density at radius 1 is 1.22 bits per heavy atom. The van der Waals surface area contributed by atoms with E-state index in [1.54, 1.807) is 42.5 Å². The lowest BCUT2D eigenvalue weighted by Crippen LogP contribution is -2.31. The topological polar surface area (TPSA) is 102 Å². The molecular weight excluding hydrogens is 430 g/mol. The molecule has 8 nitrogen and oxygen atoms in total. The average molecular weight is 454 g/mol. The van der Waals surface area contributed by atoms with Crippen molar-refractivity contribution in [1.29, 1.82) is 0 Å². The van der Waals surface area contributed by atoms with E-state index >= 15 is 0 Å². The number of nitrogens with one attached hydrogen (secondary N) is 2. The summed E-state index contributed by atoms with van der Waals surface area (Å²) >= 11 is 5.37. The molecule has 0 radical (unpaired) electrons. The summed E-state index contributed by atoms with van der Waals surface area (Å²) in [6.07, 6.45) is 2.07. The standard InChI is InChI=1S/C23H23N3O5S/c1-30-22(29)16-8-9-18-19(11-16)25-23(32)26(21(18)28)13-14-4-6-15(7-5-14)20(27)24-12-17-3-2-10-31-17/h4-9,11,17H,2-3,10,12-13H2,1H3,(H,24,27)(H,25,32)/t17-/m1/s1. The Labute approximate surface area is 189 Å². The van der Waals surface area contributed by atoms with E-state index in [0.29, 0.717) is 28.6 Å². The molecule has 1 aromatic heterocycles. The van der Waals surface area contributed by atoms with Crippen LogP contribution in [0.2, 0.25) is 0 Å². The van der Waals surface area contributed by atoms with Crippen LogP contribution in [0.4, 0.5) is 0 Å². The predicted octanol–water partition coefficient (Wildman–Crippen LogP) is 2.80. The SMILES string of the molecule is COC(=O)c1ccc2c(=O)n(Cc3ccc(C(=O)NC[C@H]4CCCO4)cc3)c(=S)[nH]c2c1. The van der Waals surface area contributed by atoms with Crippen molar-refractivity contribution in [3.63, 3.8) is 0 Å². The lowest BCUT2D eigenvalue weighted by Gasteiger charge is -2.12. The highest BCUT2D eigenvalue weighted by atomic mass is 32.1. The van der Waals surface area contributed by atoms with Crippen molar-refractivity contribution in [2.75, 3.05) is 20.3 Å². The molecule has 0 spiro atoms. The van der Waals surface area contributed by atoms with E-state index < -0.39 is 5.97 Å². The van der Waals surface area contributed by atoms with Gasteiger partial charge in [0.1, 0.15) is 0 Å². The maximum absolute atomic E-state index is 13.0. The molecule has 166 valence electrons. The molecule has 0 saturated carbocycles. The van der Waals surface area contributed by atoms with E-state index in [1.165, 1.54) is 11.7 Å². The highest BCUT2D eigenvalue weighted by molar-refractivity contribution is 7.71. The number of carbonyl (C=O) groups is 2. The smallest absolute Gasteiger partial charge is 0.337 e. The molecule has 2 heterocycles. The quantitative estimate of drug-likeness (QED) is 0.440. The second-order valence-corrected chi connectivity index (χ2v) is 8.00. The third-order valence-electron chi connectivity index (χ3n) is 5.47. The molecule has 0 unspecified atom stereocenters. The molecule has 3 aromatic rings. The second-order valence-electron chi connectivity index (χ2n) is 7.62.